The van der Waals surface area contributed by atoms with E-state index in [0.29, 0.717) is 26.3 Å². The van der Waals surface area contributed by atoms with Crippen LogP contribution in [0.5, 0.6) is 0 Å². The second kappa shape index (κ2) is 3.67. The average Bonchev–Trinajstić information content (AvgIpc) is 2.05. The van der Waals surface area contributed by atoms with Crippen molar-refractivity contribution < 1.29 is 13.7 Å². The fraction of sp³-hybridized carbons (Fsp3) is 0.857. The molecule has 4 heteroatoms. The molecule has 0 saturated carbocycles. The summed E-state index contributed by atoms with van der Waals surface area (Å²) in [6, 6.07) is 0. The van der Waals surface area contributed by atoms with E-state index >= 15 is 0 Å². The van der Waals surface area contributed by atoms with E-state index in [-0.39, 0.29) is 6.09 Å². The van der Waals surface area contributed by atoms with Gasteiger partial charge < -0.3 is 4.74 Å². The molecule has 3 nitrogen and oxygen atoms in total. The summed E-state index contributed by atoms with van der Waals surface area (Å²) >= 11 is 0. The van der Waals surface area contributed by atoms with Crippen LogP contribution < -0.4 is 0 Å². The van der Waals surface area contributed by atoms with Crippen molar-refractivity contribution in [2.45, 2.75) is 0 Å². The van der Waals surface area contributed by atoms with Crippen molar-refractivity contribution in [3.05, 3.63) is 0 Å². The van der Waals surface area contributed by atoms with Gasteiger partial charge in [-0.25, -0.2) is 9.48 Å². The molecule has 0 atom stereocenters. The van der Waals surface area contributed by atoms with E-state index in [1.165, 1.54) is 4.58 Å². The van der Waals surface area contributed by atoms with Gasteiger partial charge in [0.1, 0.15) is 13.1 Å². The summed E-state index contributed by atoms with van der Waals surface area (Å²) in [7, 11) is 3.40. The Kier molecular flexibility index (Phi) is 2.82. The summed E-state index contributed by atoms with van der Waals surface area (Å²) in [4.78, 5) is 1.68. The van der Waals surface area contributed by atoms with Crippen LogP contribution in [0, 0.1) is 0 Å². The zero-order chi connectivity index (χ0) is 8.27. The third-order valence-electron chi connectivity index (χ3n) is 1.64. The highest BCUT2D eigenvalue weighted by Crippen LogP contribution is 1.98. The predicted molar refractivity (Wildman–Crippen MR) is 40.6 cm³/mol. The van der Waals surface area contributed by atoms with Crippen LogP contribution in [0.25, 0.3) is 0 Å². The molecule has 0 bridgehead atoms. The number of morpholine rings is 1. The van der Waals surface area contributed by atoms with Crippen LogP contribution in [-0.2, 0) is 4.74 Å². The number of nitrogens with zero attached hydrogens (tertiary/aromatic N) is 2. The summed E-state index contributed by atoms with van der Waals surface area (Å²) in [5.74, 6) is 0. The highest BCUT2D eigenvalue weighted by molar-refractivity contribution is 5.66. The first-order valence-corrected chi connectivity index (χ1v) is 3.74. The Morgan fingerprint density at radius 2 is 1.91 bits per heavy atom. The lowest BCUT2D eigenvalue weighted by atomic mass is 10.5. The lowest BCUT2D eigenvalue weighted by Crippen LogP contribution is -2.41. The maximum Gasteiger partial charge on any atom is 0.435 e. The van der Waals surface area contributed by atoms with Crippen molar-refractivity contribution in [1.29, 1.82) is 0 Å². The standard InChI is InChI=1S/C7H14FN2O/c1-9(2)7(8)10-3-5-11-6-4-10/h3-6H2,1-2H3/q+1. The van der Waals surface area contributed by atoms with Crippen LogP contribution in [-0.4, -0.2) is 56.0 Å². The Morgan fingerprint density at radius 3 is 2.36 bits per heavy atom. The summed E-state index contributed by atoms with van der Waals surface area (Å²) in [5.41, 5.74) is 0. The molecule has 0 aliphatic carbocycles. The molecule has 1 saturated heterocycles. The van der Waals surface area contributed by atoms with Gasteiger partial charge >= 0.3 is 6.09 Å². The van der Waals surface area contributed by atoms with E-state index in [1.807, 2.05) is 0 Å². The minimum Gasteiger partial charge on any atom is -0.373 e. The number of hydrogen-bond donors (Lipinski definition) is 0. The maximum absolute atomic E-state index is 13.1. The summed E-state index contributed by atoms with van der Waals surface area (Å²) < 4.78 is 19.7. The van der Waals surface area contributed by atoms with Gasteiger partial charge in [-0.15, -0.1) is 4.39 Å². The lowest BCUT2D eigenvalue weighted by Gasteiger charge is -2.19. The van der Waals surface area contributed by atoms with Crippen molar-refractivity contribution in [1.82, 2.24) is 4.90 Å². The van der Waals surface area contributed by atoms with Gasteiger partial charge in [0.25, 0.3) is 0 Å². The largest absolute Gasteiger partial charge is 0.435 e. The molecule has 0 amide bonds. The van der Waals surface area contributed by atoms with Crippen LogP contribution in [0.4, 0.5) is 4.39 Å². The summed E-state index contributed by atoms with van der Waals surface area (Å²) in [6.45, 7) is 2.57. The Hall–Kier alpha value is -0.640. The molecular formula is C7H14FN2O+. The van der Waals surface area contributed by atoms with Gasteiger partial charge in [0.05, 0.1) is 27.3 Å². The third-order valence-corrected chi connectivity index (χ3v) is 1.64. The molecule has 1 fully saturated rings. The SMILES string of the molecule is C[N+](C)=C(F)N1CCOCC1. The summed E-state index contributed by atoms with van der Waals surface area (Å²) in [6.07, 6.45) is -0.173. The molecule has 0 unspecified atom stereocenters. The molecule has 64 valence electrons. The monoisotopic (exact) mass is 161 g/mol. The van der Waals surface area contributed by atoms with Gasteiger partial charge in [-0.1, -0.05) is 0 Å². The molecule has 11 heavy (non-hydrogen) atoms. The summed E-state index contributed by atoms with van der Waals surface area (Å²) in [5, 5.41) is 0. The molecule has 1 heterocycles. The number of ether oxygens (including phenoxy) is 1. The van der Waals surface area contributed by atoms with Crippen molar-refractivity contribution in [2.24, 2.45) is 0 Å². The van der Waals surface area contributed by atoms with Crippen LogP contribution in [0.1, 0.15) is 0 Å². The minimum atomic E-state index is -0.173. The highest BCUT2D eigenvalue weighted by atomic mass is 19.1. The highest BCUT2D eigenvalue weighted by Gasteiger charge is 2.22. The molecule has 1 aliphatic rings. The van der Waals surface area contributed by atoms with E-state index in [1.54, 1.807) is 19.0 Å². The first-order chi connectivity index (χ1) is 5.22. The third kappa shape index (κ3) is 2.15. The molecule has 0 spiro atoms. The van der Waals surface area contributed by atoms with Crippen molar-refractivity contribution in [3.63, 3.8) is 0 Å². The molecular weight excluding hydrogens is 147 g/mol. The first-order valence-electron chi connectivity index (χ1n) is 3.74. The van der Waals surface area contributed by atoms with E-state index < -0.39 is 0 Å². The van der Waals surface area contributed by atoms with E-state index in [9.17, 15) is 4.39 Å². The van der Waals surface area contributed by atoms with Crippen LogP contribution in [0.3, 0.4) is 0 Å². The van der Waals surface area contributed by atoms with Crippen LogP contribution >= 0.6 is 0 Å². The number of amidine groups is 1. The Labute approximate surface area is 66.1 Å². The number of halogens is 1. The average molecular weight is 161 g/mol. The van der Waals surface area contributed by atoms with Gasteiger partial charge in [-0.05, 0) is 0 Å². The van der Waals surface area contributed by atoms with Crippen molar-refractivity contribution in [2.75, 3.05) is 40.4 Å². The van der Waals surface area contributed by atoms with E-state index in [2.05, 4.69) is 0 Å². The fourth-order valence-electron chi connectivity index (χ4n) is 1.03. The van der Waals surface area contributed by atoms with E-state index in [4.69, 9.17) is 4.74 Å². The Morgan fingerprint density at radius 1 is 1.36 bits per heavy atom. The molecule has 0 aromatic rings. The molecule has 0 aromatic carbocycles. The predicted octanol–water partition coefficient (Wildman–Crippen LogP) is -0.0838. The van der Waals surface area contributed by atoms with Gasteiger partial charge in [-0.2, -0.15) is 0 Å². The first kappa shape index (κ1) is 8.46. The van der Waals surface area contributed by atoms with Gasteiger partial charge in [0.15, 0.2) is 0 Å². The number of rotatable bonds is 0. The normalized spacial score (nSPS) is 18.3. The molecule has 1 rings (SSSR count). The Balaban J connectivity index is 2.52. The Bertz CT molecular complexity index is 160. The second-order valence-electron chi connectivity index (χ2n) is 2.76. The zero-order valence-corrected chi connectivity index (χ0v) is 7.01. The van der Waals surface area contributed by atoms with E-state index in [0.717, 1.165) is 0 Å². The van der Waals surface area contributed by atoms with Crippen molar-refractivity contribution >= 4 is 6.09 Å². The lowest BCUT2D eigenvalue weighted by molar-refractivity contribution is -0.477. The van der Waals surface area contributed by atoms with Crippen molar-refractivity contribution in [3.8, 4) is 0 Å². The maximum atomic E-state index is 13.1. The minimum absolute atomic E-state index is 0.173. The van der Waals surface area contributed by atoms with Gasteiger partial charge in [0, 0.05) is 0 Å². The second-order valence-corrected chi connectivity index (χ2v) is 2.76. The van der Waals surface area contributed by atoms with Gasteiger partial charge in [0.2, 0.25) is 0 Å². The zero-order valence-electron chi connectivity index (χ0n) is 7.01. The van der Waals surface area contributed by atoms with Gasteiger partial charge in [-0.3, -0.25) is 0 Å². The smallest absolute Gasteiger partial charge is 0.373 e. The molecule has 1 aliphatic heterocycles. The number of hydrogen-bond acceptors (Lipinski definition) is 1. The topological polar surface area (TPSA) is 15.5 Å². The molecule has 0 N–H and O–H groups in total. The quantitative estimate of drug-likeness (QED) is 0.214. The van der Waals surface area contributed by atoms with Crippen LogP contribution in [0.2, 0.25) is 0 Å². The fourth-order valence-corrected chi connectivity index (χ4v) is 1.03. The molecule has 0 radical (unpaired) electrons. The molecule has 0 aromatic heterocycles. The van der Waals surface area contributed by atoms with Crippen LogP contribution in [0.15, 0.2) is 0 Å².